The molecule has 0 heterocycles. The van der Waals surface area contributed by atoms with Gasteiger partial charge in [0, 0.05) is 5.39 Å². The predicted molar refractivity (Wildman–Crippen MR) is 66.9 cm³/mol. The molecule has 2 aromatic carbocycles. The highest BCUT2D eigenvalue weighted by Crippen LogP contribution is 2.34. The topological polar surface area (TPSA) is 9.23 Å². The van der Waals surface area contributed by atoms with Gasteiger partial charge in [-0.3, -0.25) is 0 Å². The molecule has 17 heavy (non-hydrogen) atoms. The maximum Gasteiger partial charge on any atom is 0.165 e. The van der Waals surface area contributed by atoms with E-state index in [1.54, 1.807) is 0 Å². The number of aryl methyl sites for hydroxylation is 1. The van der Waals surface area contributed by atoms with Crippen molar-refractivity contribution in [3.63, 3.8) is 0 Å². The number of ether oxygens (including phenoxy) is 1. The van der Waals surface area contributed by atoms with Crippen LogP contribution in [0.5, 0.6) is 5.75 Å². The largest absolute Gasteiger partial charge is 0.490 e. The van der Waals surface area contributed by atoms with Crippen molar-refractivity contribution in [3.8, 4) is 5.75 Å². The van der Waals surface area contributed by atoms with Crippen molar-refractivity contribution in [2.45, 2.75) is 19.8 Å². The van der Waals surface area contributed by atoms with Crippen molar-refractivity contribution in [1.82, 2.24) is 0 Å². The minimum atomic E-state index is -0.260. The van der Waals surface area contributed by atoms with Gasteiger partial charge in [-0.25, -0.2) is 4.39 Å². The lowest BCUT2D eigenvalue weighted by molar-refractivity contribution is 0.289. The van der Waals surface area contributed by atoms with E-state index in [-0.39, 0.29) is 5.82 Å². The van der Waals surface area contributed by atoms with Gasteiger partial charge in [0.15, 0.2) is 11.6 Å². The third-order valence-corrected chi connectivity index (χ3v) is 3.34. The second-order valence-electron chi connectivity index (χ2n) is 4.80. The molecule has 0 N–H and O–H groups in total. The maximum absolute atomic E-state index is 13.8. The molecule has 0 unspecified atom stereocenters. The Morgan fingerprint density at radius 1 is 1.18 bits per heavy atom. The van der Waals surface area contributed by atoms with E-state index in [1.165, 1.54) is 18.9 Å². The predicted octanol–water partition coefficient (Wildman–Crippen LogP) is 4.08. The molecule has 0 saturated heterocycles. The Balaban J connectivity index is 2.06. The van der Waals surface area contributed by atoms with E-state index in [9.17, 15) is 4.39 Å². The van der Waals surface area contributed by atoms with Crippen LogP contribution in [0.2, 0.25) is 0 Å². The van der Waals surface area contributed by atoms with E-state index in [1.807, 2.05) is 31.2 Å². The fourth-order valence-electron chi connectivity index (χ4n) is 2.09. The zero-order valence-corrected chi connectivity index (χ0v) is 9.87. The van der Waals surface area contributed by atoms with Gasteiger partial charge in [0.1, 0.15) is 0 Å². The van der Waals surface area contributed by atoms with Crippen molar-refractivity contribution in [2.24, 2.45) is 5.92 Å². The highest BCUT2D eigenvalue weighted by Gasteiger charge is 2.23. The number of benzene rings is 2. The number of fused-ring (bicyclic) bond motifs is 1. The van der Waals surface area contributed by atoms with E-state index in [0.29, 0.717) is 18.3 Å². The second-order valence-corrected chi connectivity index (χ2v) is 4.80. The van der Waals surface area contributed by atoms with E-state index in [0.717, 1.165) is 16.3 Å². The highest BCUT2D eigenvalue weighted by atomic mass is 19.1. The summed E-state index contributed by atoms with van der Waals surface area (Å²) in [4.78, 5) is 0. The van der Waals surface area contributed by atoms with Gasteiger partial charge in [0.25, 0.3) is 0 Å². The summed E-state index contributed by atoms with van der Waals surface area (Å²) in [5, 5.41) is 1.95. The van der Waals surface area contributed by atoms with Gasteiger partial charge in [-0.1, -0.05) is 24.3 Å². The summed E-state index contributed by atoms with van der Waals surface area (Å²) < 4.78 is 19.5. The fraction of sp³-hybridized carbons (Fsp3) is 0.333. The lowest BCUT2D eigenvalue weighted by Crippen LogP contribution is -2.01. The van der Waals surface area contributed by atoms with Crippen molar-refractivity contribution in [1.29, 1.82) is 0 Å². The average Bonchev–Trinajstić information content (AvgIpc) is 3.12. The molecule has 1 aliphatic rings. The molecule has 0 atom stereocenters. The number of halogens is 1. The third-order valence-electron chi connectivity index (χ3n) is 3.34. The monoisotopic (exact) mass is 230 g/mol. The van der Waals surface area contributed by atoms with Crippen LogP contribution >= 0.6 is 0 Å². The van der Waals surface area contributed by atoms with Crippen LogP contribution in [0.4, 0.5) is 4.39 Å². The number of hydrogen-bond acceptors (Lipinski definition) is 1. The first-order chi connectivity index (χ1) is 8.25. The molecule has 0 spiro atoms. The summed E-state index contributed by atoms with van der Waals surface area (Å²) >= 11 is 0. The molecule has 0 aliphatic heterocycles. The van der Waals surface area contributed by atoms with Crippen LogP contribution in [-0.2, 0) is 0 Å². The fourth-order valence-corrected chi connectivity index (χ4v) is 2.09. The van der Waals surface area contributed by atoms with Crippen molar-refractivity contribution in [3.05, 3.63) is 41.7 Å². The van der Waals surface area contributed by atoms with Crippen LogP contribution in [-0.4, -0.2) is 6.61 Å². The molecule has 2 heteroatoms. The molecule has 3 rings (SSSR count). The number of rotatable bonds is 3. The Hall–Kier alpha value is -1.57. The van der Waals surface area contributed by atoms with E-state index < -0.39 is 0 Å². The summed E-state index contributed by atoms with van der Waals surface area (Å²) in [5.41, 5.74) is 1.15. The van der Waals surface area contributed by atoms with Crippen LogP contribution in [0.15, 0.2) is 30.3 Å². The van der Waals surface area contributed by atoms with Crippen LogP contribution < -0.4 is 4.74 Å². The molecule has 0 bridgehead atoms. The van der Waals surface area contributed by atoms with Gasteiger partial charge < -0.3 is 4.74 Å². The molecule has 2 aromatic rings. The van der Waals surface area contributed by atoms with Crippen LogP contribution in [0, 0.1) is 18.7 Å². The quantitative estimate of drug-likeness (QED) is 0.772. The Kier molecular flexibility index (Phi) is 2.50. The van der Waals surface area contributed by atoms with Gasteiger partial charge in [-0.2, -0.15) is 0 Å². The molecule has 1 saturated carbocycles. The molecule has 88 valence electrons. The Morgan fingerprint density at radius 2 is 2.00 bits per heavy atom. The Morgan fingerprint density at radius 3 is 2.76 bits per heavy atom. The molecule has 0 aromatic heterocycles. The second kappa shape index (κ2) is 4.02. The van der Waals surface area contributed by atoms with E-state index in [4.69, 9.17) is 4.74 Å². The molecule has 0 amide bonds. The van der Waals surface area contributed by atoms with E-state index >= 15 is 0 Å². The normalized spacial score (nSPS) is 15.2. The van der Waals surface area contributed by atoms with Crippen LogP contribution in [0.25, 0.3) is 10.8 Å². The Labute approximate surface area is 100 Å². The van der Waals surface area contributed by atoms with Gasteiger partial charge in [0.05, 0.1) is 6.61 Å². The molecule has 1 aliphatic carbocycles. The molecule has 1 nitrogen and oxygen atoms in total. The van der Waals surface area contributed by atoms with Gasteiger partial charge >= 0.3 is 0 Å². The lowest BCUT2D eigenvalue weighted by Gasteiger charge is -2.11. The van der Waals surface area contributed by atoms with Gasteiger partial charge in [-0.05, 0) is 42.7 Å². The summed E-state index contributed by atoms with van der Waals surface area (Å²) in [5.74, 6) is 0.788. The summed E-state index contributed by atoms with van der Waals surface area (Å²) in [7, 11) is 0. The lowest BCUT2D eigenvalue weighted by atomic mass is 10.0. The standard InChI is InChI=1S/C15H15FO/c1-10-3-2-4-13-12(10)7-8-14(16)15(13)17-9-11-5-6-11/h2-4,7-8,11H,5-6,9H2,1H3. The summed E-state index contributed by atoms with van der Waals surface area (Å²) in [6, 6.07) is 9.22. The van der Waals surface area contributed by atoms with Gasteiger partial charge in [-0.15, -0.1) is 0 Å². The average molecular weight is 230 g/mol. The van der Waals surface area contributed by atoms with Crippen molar-refractivity contribution < 1.29 is 9.13 Å². The first-order valence-electron chi connectivity index (χ1n) is 6.06. The maximum atomic E-state index is 13.8. The molecule has 1 fully saturated rings. The highest BCUT2D eigenvalue weighted by molar-refractivity contribution is 5.91. The summed E-state index contributed by atoms with van der Waals surface area (Å²) in [6.07, 6.45) is 2.43. The van der Waals surface area contributed by atoms with Gasteiger partial charge in [0.2, 0.25) is 0 Å². The van der Waals surface area contributed by atoms with Crippen LogP contribution in [0.3, 0.4) is 0 Å². The SMILES string of the molecule is Cc1cccc2c(OCC3CC3)c(F)ccc12. The minimum Gasteiger partial charge on any atom is -0.490 e. The molecule has 0 radical (unpaired) electrons. The first-order valence-corrected chi connectivity index (χ1v) is 6.06. The molecular formula is C15H15FO. The smallest absolute Gasteiger partial charge is 0.165 e. The van der Waals surface area contributed by atoms with Crippen molar-refractivity contribution in [2.75, 3.05) is 6.61 Å². The zero-order valence-electron chi connectivity index (χ0n) is 9.87. The summed E-state index contributed by atoms with van der Waals surface area (Å²) in [6.45, 7) is 2.68. The number of hydrogen-bond donors (Lipinski definition) is 0. The Bertz CT molecular complexity index is 558. The first kappa shape index (κ1) is 10.6. The third kappa shape index (κ3) is 1.99. The van der Waals surface area contributed by atoms with Crippen molar-refractivity contribution >= 4 is 10.8 Å². The minimum absolute atomic E-state index is 0.260. The zero-order chi connectivity index (χ0) is 11.8. The van der Waals surface area contributed by atoms with E-state index in [2.05, 4.69) is 0 Å². The van der Waals surface area contributed by atoms with Crippen LogP contribution in [0.1, 0.15) is 18.4 Å². The molecular weight excluding hydrogens is 215 g/mol.